The third kappa shape index (κ3) is 5.98. The zero-order valence-electron chi connectivity index (χ0n) is 15.3. The standard InChI is InChI=1S/C16H25N5O4S/c1-5-9(4)13(20-21-17)14(23)18-10(8(2)3)6-12(22)15-19-11(7-26-15)16(24)25/h7-10,12-13,22H,5-6H2,1-4H3,(H,18,23)(H,24,25)/t9-,10+,12+,13?/m0/s1. The Balaban J connectivity index is 2.85. The quantitative estimate of drug-likeness (QED) is 0.322. The molecule has 1 unspecified atom stereocenters. The fourth-order valence-electron chi connectivity index (χ4n) is 2.35. The topological polar surface area (TPSA) is 148 Å². The summed E-state index contributed by atoms with van der Waals surface area (Å²) in [5.74, 6) is -1.63. The van der Waals surface area contributed by atoms with Crippen molar-refractivity contribution in [3.05, 3.63) is 26.5 Å². The van der Waals surface area contributed by atoms with Gasteiger partial charge in [0.15, 0.2) is 5.69 Å². The number of carbonyl (C=O) groups is 2. The molecule has 10 heteroatoms. The summed E-state index contributed by atoms with van der Waals surface area (Å²) in [5.41, 5.74) is 8.58. The molecule has 0 aliphatic carbocycles. The maximum atomic E-state index is 12.5. The molecule has 0 aliphatic rings. The predicted molar refractivity (Wildman–Crippen MR) is 97.8 cm³/mol. The molecule has 144 valence electrons. The molecular formula is C16H25N5O4S. The Hall–Kier alpha value is -2.16. The number of nitrogens with one attached hydrogen (secondary N) is 1. The van der Waals surface area contributed by atoms with Crippen LogP contribution in [0.1, 0.15) is 62.1 Å². The van der Waals surface area contributed by atoms with E-state index in [0.29, 0.717) is 6.42 Å². The highest BCUT2D eigenvalue weighted by atomic mass is 32.1. The van der Waals surface area contributed by atoms with Crippen LogP contribution in [-0.2, 0) is 4.79 Å². The maximum Gasteiger partial charge on any atom is 0.355 e. The number of hydrogen-bond donors (Lipinski definition) is 3. The highest BCUT2D eigenvalue weighted by Gasteiger charge is 2.28. The van der Waals surface area contributed by atoms with Crippen LogP contribution >= 0.6 is 11.3 Å². The molecule has 0 radical (unpaired) electrons. The van der Waals surface area contributed by atoms with Crippen molar-refractivity contribution in [2.45, 2.75) is 58.7 Å². The van der Waals surface area contributed by atoms with Gasteiger partial charge in [0.2, 0.25) is 5.91 Å². The second-order valence-corrected chi connectivity index (χ2v) is 7.41. The van der Waals surface area contributed by atoms with E-state index in [9.17, 15) is 14.7 Å². The largest absolute Gasteiger partial charge is 0.476 e. The number of aliphatic hydroxyl groups excluding tert-OH is 1. The van der Waals surface area contributed by atoms with Gasteiger partial charge in [-0.3, -0.25) is 4.79 Å². The molecule has 9 nitrogen and oxygen atoms in total. The van der Waals surface area contributed by atoms with Gasteiger partial charge in [-0.25, -0.2) is 9.78 Å². The Morgan fingerprint density at radius 2 is 2.08 bits per heavy atom. The Morgan fingerprint density at radius 3 is 2.54 bits per heavy atom. The van der Waals surface area contributed by atoms with Crippen LogP contribution in [0.5, 0.6) is 0 Å². The van der Waals surface area contributed by atoms with Crippen molar-refractivity contribution >= 4 is 23.2 Å². The SMILES string of the molecule is CC[C@H](C)C(N=[N+]=[N-])C(=O)N[C@H](C[C@@H](O)c1nc(C(=O)O)cs1)C(C)C. The molecular weight excluding hydrogens is 358 g/mol. The van der Waals surface area contributed by atoms with E-state index in [4.69, 9.17) is 10.6 Å². The summed E-state index contributed by atoms with van der Waals surface area (Å²) >= 11 is 1.06. The van der Waals surface area contributed by atoms with Crippen LogP contribution in [0.25, 0.3) is 10.4 Å². The van der Waals surface area contributed by atoms with Crippen molar-refractivity contribution in [1.82, 2.24) is 10.3 Å². The first-order valence-electron chi connectivity index (χ1n) is 8.42. The summed E-state index contributed by atoms with van der Waals surface area (Å²) in [4.78, 5) is 30.1. The van der Waals surface area contributed by atoms with Crippen molar-refractivity contribution in [2.24, 2.45) is 17.0 Å². The molecule has 1 amide bonds. The summed E-state index contributed by atoms with van der Waals surface area (Å²) in [6.45, 7) is 7.53. The second-order valence-electron chi connectivity index (χ2n) is 6.52. The van der Waals surface area contributed by atoms with Gasteiger partial charge in [-0.2, -0.15) is 0 Å². The number of carboxylic acids is 1. The lowest BCUT2D eigenvalue weighted by atomic mass is 9.95. The van der Waals surface area contributed by atoms with Crippen LogP contribution in [0.2, 0.25) is 0 Å². The molecule has 0 saturated carbocycles. The Bertz CT molecular complexity index is 671. The number of aromatic nitrogens is 1. The van der Waals surface area contributed by atoms with E-state index in [0.717, 1.165) is 11.3 Å². The molecule has 26 heavy (non-hydrogen) atoms. The fourth-order valence-corrected chi connectivity index (χ4v) is 3.14. The van der Waals surface area contributed by atoms with E-state index < -0.39 is 18.1 Å². The first-order chi connectivity index (χ1) is 12.2. The number of carboxylic acid groups (broad SMARTS) is 1. The minimum Gasteiger partial charge on any atom is -0.476 e. The fraction of sp³-hybridized carbons (Fsp3) is 0.688. The highest BCUT2D eigenvalue weighted by Crippen LogP contribution is 2.25. The zero-order chi connectivity index (χ0) is 19.9. The van der Waals surface area contributed by atoms with Crippen LogP contribution in [0.3, 0.4) is 0 Å². The number of amides is 1. The van der Waals surface area contributed by atoms with Crippen LogP contribution in [-0.4, -0.2) is 39.2 Å². The van der Waals surface area contributed by atoms with Crippen molar-refractivity contribution in [3.63, 3.8) is 0 Å². The lowest BCUT2D eigenvalue weighted by Gasteiger charge is -2.27. The summed E-state index contributed by atoms with van der Waals surface area (Å²) in [7, 11) is 0. The molecule has 0 fully saturated rings. The van der Waals surface area contributed by atoms with Gasteiger partial charge in [0.1, 0.15) is 17.2 Å². The van der Waals surface area contributed by atoms with Crippen LogP contribution in [0.15, 0.2) is 10.5 Å². The van der Waals surface area contributed by atoms with Crippen LogP contribution < -0.4 is 5.32 Å². The van der Waals surface area contributed by atoms with Gasteiger partial charge in [0, 0.05) is 22.8 Å². The van der Waals surface area contributed by atoms with Gasteiger partial charge in [-0.1, -0.05) is 39.2 Å². The van der Waals surface area contributed by atoms with Gasteiger partial charge in [-0.05, 0) is 17.4 Å². The molecule has 1 rings (SSSR count). The third-order valence-electron chi connectivity index (χ3n) is 4.26. The molecule has 1 aromatic rings. The molecule has 0 aromatic carbocycles. The highest BCUT2D eigenvalue weighted by molar-refractivity contribution is 7.09. The molecule has 1 heterocycles. The average Bonchev–Trinajstić information content (AvgIpc) is 3.08. The predicted octanol–water partition coefficient (Wildman–Crippen LogP) is 3.13. The number of hydrogen-bond acceptors (Lipinski definition) is 6. The maximum absolute atomic E-state index is 12.5. The van der Waals surface area contributed by atoms with Crippen LogP contribution in [0.4, 0.5) is 0 Å². The number of thiazole rings is 1. The lowest BCUT2D eigenvalue weighted by molar-refractivity contribution is -0.124. The first-order valence-corrected chi connectivity index (χ1v) is 9.30. The summed E-state index contributed by atoms with van der Waals surface area (Å²) < 4.78 is 0. The van der Waals surface area contributed by atoms with Crippen LogP contribution in [0, 0.1) is 11.8 Å². The number of aromatic carboxylic acids is 1. The van der Waals surface area contributed by atoms with Gasteiger partial charge in [-0.15, -0.1) is 11.3 Å². The van der Waals surface area contributed by atoms with Gasteiger partial charge in [0.05, 0.1) is 0 Å². The Labute approximate surface area is 156 Å². The van der Waals surface area contributed by atoms with Crippen molar-refractivity contribution in [2.75, 3.05) is 0 Å². The zero-order valence-corrected chi connectivity index (χ0v) is 16.1. The first kappa shape index (κ1) is 21.9. The summed E-state index contributed by atoms with van der Waals surface area (Å²) in [5, 5.41) is 27.4. The van der Waals surface area contributed by atoms with Gasteiger partial charge < -0.3 is 15.5 Å². The van der Waals surface area contributed by atoms with E-state index in [1.807, 2.05) is 27.7 Å². The van der Waals surface area contributed by atoms with Crippen molar-refractivity contribution < 1.29 is 19.8 Å². The minimum atomic E-state index is -1.15. The molecule has 4 atom stereocenters. The minimum absolute atomic E-state index is 0.0103. The third-order valence-corrected chi connectivity index (χ3v) is 5.21. The van der Waals surface area contributed by atoms with Gasteiger partial charge >= 0.3 is 5.97 Å². The second kappa shape index (κ2) is 10.1. The summed E-state index contributed by atoms with van der Waals surface area (Å²) in [6, 6.07) is -1.20. The monoisotopic (exact) mass is 383 g/mol. The van der Waals surface area contributed by atoms with E-state index in [-0.39, 0.29) is 40.9 Å². The average molecular weight is 383 g/mol. The lowest BCUT2D eigenvalue weighted by Crippen LogP contribution is -2.45. The molecule has 0 aliphatic heterocycles. The summed E-state index contributed by atoms with van der Waals surface area (Å²) in [6.07, 6.45) is -0.134. The smallest absolute Gasteiger partial charge is 0.355 e. The molecule has 0 spiro atoms. The Kier molecular flexibility index (Phi) is 8.50. The van der Waals surface area contributed by atoms with E-state index in [2.05, 4.69) is 20.3 Å². The normalized spacial score (nSPS) is 15.6. The number of rotatable bonds is 10. The number of aliphatic hydroxyl groups is 1. The van der Waals surface area contributed by atoms with E-state index in [1.54, 1.807) is 0 Å². The van der Waals surface area contributed by atoms with E-state index >= 15 is 0 Å². The van der Waals surface area contributed by atoms with Gasteiger partial charge in [0.25, 0.3) is 0 Å². The number of nitrogens with zero attached hydrogens (tertiary/aromatic N) is 4. The molecule has 1 aromatic heterocycles. The number of azide groups is 1. The van der Waals surface area contributed by atoms with Crippen molar-refractivity contribution in [1.29, 1.82) is 0 Å². The Morgan fingerprint density at radius 1 is 1.42 bits per heavy atom. The number of carbonyl (C=O) groups excluding carboxylic acids is 1. The van der Waals surface area contributed by atoms with E-state index in [1.165, 1.54) is 5.38 Å². The molecule has 0 saturated heterocycles. The molecule has 3 N–H and O–H groups in total. The molecule has 0 bridgehead atoms. The van der Waals surface area contributed by atoms with Crippen molar-refractivity contribution in [3.8, 4) is 0 Å².